The molecule has 8 nitrogen and oxygen atoms in total. The Morgan fingerprint density at radius 1 is 1.24 bits per heavy atom. The van der Waals surface area contributed by atoms with E-state index in [0.29, 0.717) is 11.4 Å². The van der Waals surface area contributed by atoms with E-state index in [-0.39, 0.29) is 5.89 Å². The van der Waals surface area contributed by atoms with Gasteiger partial charge < -0.3 is 9.40 Å². The van der Waals surface area contributed by atoms with Crippen molar-refractivity contribution in [2.24, 2.45) is 0 Å². The molecule has 5 aromatic rings. The number of aryl methyl sites for hydroxylation is 1. The van der Waals surface area contributed by atoms with E-state index in [9.17, 15) is 8.78 Å². The molecule has 0 saturated carbocycles. The number of alkyl halides is 2. The molecule has 5 rings (SSSR count). The first-order valence-corrected chi connectivity index (χ1v) is 9.43. The number of fused-ring (bicyclic) bond motifs is 1. The summed E-state index contributed by atoms with van der Waals surface area (Å²) in [6.07, 6.45) is 2.73. The van der Waals surface area contributed by atoms with Gasteiger partial charge in [0.25, 0.3) is 11.8 Å². The topological polar surface area (TPSA) is 98.3 Å². The van der Waals surface area contributed by atoms with Crippen molar-refractivity contribution in [3.63, 3.8) is 0 Å². The number of pyridine rings is 1. The Bertz CT molecular complexity index is 1300. The highest BCUT2D eigenvalue weighted by atomic mass is 32.1. The second kappa shape index (κ2) is 6.85. The molecule has 146 valence electrons. The number of H-pyrrole nitrogens is 1. The van der Waals surface area contributed by atoms with Crippen LogP contribution in [-0.2, 0) is 6.54 Å². The van der Waals surface area contributed by atoms with Gasteiger partial charge in [0.15, 0.2) is 0 Å². The predicted octanol–water partition coefficient (Wildman–Crippen LogP) is 4.23. The van der Waals surface area contributed by atoms with Crippen molar-refractivity contribution in [1.29, 1.82) is 0 Å². The summed E-state index contributed by atoms with van der Waals surface area (Å²) in [4.78, 5) is 9.10. The molecule has 5 heterocycles. The van der Waals surface area contributed by atoms with Gasteiger partial charge in [0, 0.05) is 28.2 Å². The molecule has 0 spiro atoms. The van der Waals surface area contributed by atoms with E-state index in [0.717, 1.165) is 32.7 Å². The first kappa shape index (κ1) is 17.6. The SMILES string of the molecule is Cc1c[nH]c2ncc(-c3cn(Cc4ccc(-c5nnc(C(F)F)o5)s4)nn3)cc12. The van der Waals surface area contributed by atoms with Gasteiger partial charge in [-0.3, -0.25) is 0 Å². The van der Waals surface area contributed by atoms with Crippen molar-refractivity contribution in [3.8, 4) is 22.0 Å². The highest BCUT2D eigenvalue weighted by molar-refractivity contribution is 7.15. The average molecular weight is 413 g/mol. The lowest BCUT2D eigenvalue weighted by Gasteiger charge is -1.97. The maximum Gasteiger partial charge on any atom is 0.314 e. The van der Waals surface area contributed by atoms with E-state index in [1.807, 2.05) is 31.5 Å². The van der Waals surface area contributed by atoms with E-state index in [4.69, 9.17) is 4.42 Å². The Labute approximate surface area is 166 Å². The summed E-state index contributed by atoms with van der Waals surface area (Å²) < 4.78 is 31.9. The van der Waals surface area contributed by atoms with Gasteiger partial charge in [-0.1, -0.05) is 5.21 Å². The van der Waals surface area contributed by atoms with Crippen LogP contribution < -0.4 is 0 Å². The largest absolute Gasteiger partial charge is 0.414 e. The molecule has 0 saturated heterocycles. The molecule has 0 aromatic carbocycles. The van der Waals surface area contributed by atoms with Crippen LogP contribution in [0.25, 0.3) is 33.1 Å². The second-order valence-corrected chi connectivity index (χ2v) is 7.57. The molecule has 0 aliphatic rings. The average Bonchev–Trinajstić information content (AvgIpc) is 3.49. The summed E-state index contributed by atoms with van der Waals surface area (Å²) >= 11 is 1.37. The zero-order valence-electron chi connectivity index (χ0n) is 15.0. The molecule has 29 heavy (non-hydrogen) atoms. The van der Waals surface area contributed by atoms with Crippen LogP contribution in [0.1, 0.15) is 22.8 Å². The third-order valence-corrected chi connectivity index (χ3v) is 5.45. The van der Waals surface area contributed by atoms with E-state index in [2.05, 4.69) is 30.5 Å². The van der Waals surface area contributed by atoms with Crippen molar-refractivity contribution in [3.05, 3.63) is 53.1 Å². The molecule has 1 N–H and O–H groups in total. The maximum atomic E-state index is 12.6. The molecular formula is C18H13F2N7OS. The molecule has 0 unspecified atom stereocenters. The summed E-state index contributed by atoms with van der Waals surface area (Å²) in [6.45, 7) is 2.50. The van der Waals surface area contributed by atoms with Gasteiger partial charge in [0.2, 0.25) is 0 Å². The smallest absolute Gasteiger partial charge is 0.314 e. The van der Waals surface area contributed by atoms with Gasteiger partial charge in [-0.2, -0.15) is 8.78 Å². The van der Waals surface area contributed by atoms with Gasteiger partial charge in [-0.05, 0) is 30.7 Å². The Morgan fingerprint density at radius 2 is 2.14 bits per heavy atom. The minimum absolute atomic E-state index is 0.0806. The maximum absolute atomic E-state index is 12.6. The zero-order chi connectivity index (χ0) is 20.0. The summed E-state index contributed by atoms with van der Waals surface area (Å²) in [6, 6.07) is 5.65. The number of aromatic amines is 1. The number of hydrogen-bond acceptors (Lipinski definition) is 7. The number of halogens is 2. The molecule has 0 radical (unpaired) electrons. The minimum atomic E-state index is -2.78. The molecule has 0 aliphatic heterocycles. The van der Waals surface area contributed by atoms with Gasteiger partial charge in [-0.25, -0.2) is 9.67 Å². The normalized spacial score (nSPS) is 11.7. The van der Waals surface area contributed by atoms with Gasteiger partial charge in [0.1, 0.15) is 11.3 Å². The molecule has 5 aromatic heterocycles. The lowest BCUT2D eigenvalue weighted by atomic mass is 10.1. The molecule has 0 bridgehead atoms. The monoisotopic (exact) mass is 413 g/mol. The number of rotatable bonds is 5. The number of hydrogen-bond donors (Lipinski definition) is 1. The lowest BCUT2D eigenvalue weighted by molar-refractivity contribution is 0.116. The van der Waals surface area contributed by atoms with E-state index in [1.54, 1.807) is 16.9 Å². The van der Waals surface area contributed by atoms with Crippen molar-refractivity contribution >= 4 is 22.4 Å². The fourth-order valence-corrected chi connectivity index (χ4v) is 3.86. The van der Waals surface area contributed by atoms with Crippen molar-refractivity contribution in [2.75, 3.05) is 0 Å². The van der Waals surface area contributed by atoms with Crippen LogP contribution in [0.5, 0.6) is 0 Å². The Hall–Kier alpha value is -3.47. The summed E-state index contributed by atoms with van der Waals surface area (Å²) in [5, 5.41) is 16.5. The minimum Gasteiger partial charge on any atom is -0.414 e. The van der Waals surface area contributed by atoms with Crippen LogP contribution in [0, 0.1) is 6.92 Å². The molecule has 11 heteroatoms. The van der Waals surface area contributed by atoms with E-state index >= 15 is 0 Å². The Kier molecular flexibility index (Phi) is 4.16. The Balaban J connectivity index is 1.36. The van der Waals surface area contributed by atoms with E-state index in [1.165, 1.54) is 11.3 Å². The Morgan fingerprint density at radius 3 is 2.97 bits per heavy atom. The number of nitrogens with one attached hydrogen (secondary N) is 1. The van der Waals surface area contributed by atoms with Crippen molar-refractivity contribution < 1.29 is 13.2 Å². The van der Waals surface area contributed by atoms with Gasteiger partial charge in [0.05, 0.1) is 17.6 Å². The number of thiophene rings is 1. The number of aromatic nitrogens is 7. The zero-order valence-corrected chi connectivity index (χ0v) is 15.8. The first-order chi connectivity index (χ1) is 14.1. The fraction of sp³-hybridized carbons (Fsp3) is 0.167. The molecule has 0 amide bonds. The van der Waals surface area contributed by atoms with Gasteiger partial charge >= 0.3 is 6.43 Å². The van der Waals surface area contributed by atoms with Crippen molar-refractivity contribution in [2.45, 2.75) is 19.9 Å². The molecular weight excluding hydrogens is 400 g/mol. The summed E-state index contributed by atoms with van der Waals surface area (Å²) in [5.41, 5.74) is 3.55. The van der Waals surface area contributed by atoms with Crippen LogP contribution in [-0.4, -0.2) is 35.2 Å². The standard InChI is InChI=1S/C18H13F2N7OS/c1-9-5-21-16-12(9)4-10(6-22-16)13-8-27(26-23-13)7-11-2-3-14(29-11)17-24-25-18(28-17)15(19)20/h2-6,8,15H,7H2,1H3,(H,21,22). The molecule has 0 aliphatic carbocycles. The third kappa shape index (κ3) is 3.29. The fourth-order valence-electron chi connectivity index (χ4n) is 2.94. The second-order valence-electron chi connectivity index (χ2n) is 6.41. The quantitative estimate of drug-likeness (QED) is 0.463. The van der Waals surface area contributed by atoms with Crippen LogP contribution in [0.4, 0.5) is 8.78 Å². The lowest BCUT2D eigenvalue weighted by Crippen LogP contribution is -1.98. The van der Waals surface area contributed by atoms with Crippen LogP contribution in [0.15, 0.2) is 41.2 Å². The third-order valence-electron chi connectivity index (χ3n) is 4.39. The molecule has 0 atom stereocenters. The van der Waals surface area contributed by atoms with Crippen LogP contribution in [0.3, 0.4) is 0 Å². The highest BCUT2D eigenvalue weighted by Gasteiger charge is 2.18. The van der Waals surface area contributed by atoms with Gasteiger partial charge in [-0.15, -0.1) is 26.6 Å². The first-order valence-electron chi connectivity index (χ1n) is 8.61. The highest BCUT2D eigenvalue weighted by Crippen LogP contribution is 2.30. The summed E-state index contributed by atoms with van der Waals surface area (Å²) in [5.74, 6) is -0.601. The van der Waals surface area contributed by atoms with Crippen LogP contribution >= 0.6 is 11.3 Å². The molecule has 0 fully saturated rings. The van der Waals surface area contributed by atoms with Crippen molar-refractivity contribution in [1.82, 2.24) is 35.2 Å². The summed E-state index contributed by atoms with van der Waals surface area (Å²) in [7, 11) is 0. The van der Waals surface area contributed by atoms with Crippen LogP contribution in [0.2, 0.25) is 0 Å². The predicted molar refractivity (Wildman–Crippen MR) is 102 cm³/mol. The van der Waals surface area contributed by atoms with E-state index < -0.39 is 12.3 Å². The number of nitrogens with zero attached hydrogens (tertiary/aromatic N) is 6.